The maximum absolute atomic E-state index is 12.1. The van der Waals surface area contributed by atoms with E-state index >= 15 is 0 Å². The summed E-state index contributed by atoms with van der Waals surface area (Å²) in [6.07, 6.45) is 0. The molecule has 0 aliphatic rings. The summed E-state index contributed by atoms with van der Waals surface area (Å²) in [5, 5.41) is 4.17. The van der Waals surface area contributed by atoms with Gasteiger partial charge in [-0.25, -0.2) is 0 Å². The fourth-order valence-electron chi connectivity index (χ4n) is 3.03. The van der Waals surface area contributed by atoms with Gasteiger partial charge in [0.25, 0.3) is 5.91 Å². The highest BCUT2D eigenvalue weighted by atomic mass is 16.5. The first-order valence-electron chi connectivity index (χ1n) is 8.49. The largest absolute Gasteiger partial charge is 0.484 e. The van der Waals surface area contributed by atoms with Gasteiger partial charge in [0.15, 0.2) is 6.61 Å². The molecule has 0 unspecified atom stereocenters. The Morgan fingerprint density at radius 3 is 2.64 bits per heavy atom. The van der Waals surface area contributed by atoms with Crippen LogP contribution in [0.3, 0.4) is 0 Å². The van der Waals surface area contributed by atoms with Crippen LogP contribution in [0.5, 0.6) is 5.75 Å². The smallest absolute Gasteiger partial charge is 0.258 e. The molecule has 4 nitrogen and oxygen atoms in total. The predicted octanol–water partition coefficient (Wildman–Crippen LogP) is 4.10. The van der Waals surface area contributed by atoms with Gasteiger partial charge in [0.2, 0.25) is 0 Å². The van der Waals surface area contributed by atoms with Gasteiger partial charge in [-0.2, -0.15) is 0 Å². The Morgan fingerprint density at radius 2 is 1.88 bits per heavy atom. The second-order valence-electron chi connectivity index (χ2n) is 6.55. The van der Waals surface area contributed by atoms with E-state index in [1.807, 2.05) is 31.2 Å². The monoisotopic (exact) mass is 336 g/mol. The molecule has 1 aromatic heterocycles. The number of fused-ring (bicyclic) bond motifs is 1. The highest BCUT2D eigenvalue weighted by molar-refractivity contribution is 5.88. The Kier molecular flexibility index (Phi) is 4.79. The van der Waals surface area contributed by atoms with E-state index < -0.39 is 0 Å². The maximum Gasteiger partial charge on any atom is 0.258 e. The van der Waals surface area contributed by atoms with Gasteiger partial charge in [-0.05, 0) is 56.5 Å². The van der Waals surface area contributed by atoms with E-state index in [1.54, 1.807) is 0 Å². The van der Waals surface area contributed by atoms with Gasteiger partial charge in [-0.3, -0.25) is 4.79 Å². The second-order valence-corrected chi connectivity index (χ2v) is 6.55. The highest BCUT2D eigenvalue weighted by Crippen LogP contribution is 2.26. The third-order valence-electron chi connectivity index (χ3n) is 4.57. The molecule has 0 atom stereocenters. The number of H-pyrrole nitrogens is 1. The first kappa shape index (κ1) is 17.1. The van der Waals surface area contributed by atoms with Crippen molar-refractivity contribution in [2.45, 2.75) is 34.2 Å². The number of carbonyl (C=O) groups is 1. The van der Waals surface area contributed by atoms with Gasteiger partial charge in [0.05, 0.1) is 5.52 Å². The van der Waals surface area contributed by atoms with Gasteiger partial charge in [-0.1, -0.05) is 29.8 Å². The molecule has 1 heterocycles. The van der Waals surface area contributed by atoms with Crippen LogP contribution < -0.4 is 10.1 Å². The normalized spacial score (nSPS) is 10.9. The number of aromatic amines is 1. The number of benzene rings is 2. The molecule has 25 heavy (non-hydrogen) atoms. The van der Waals surface area contributed by atoms with E-state index in [0.717, 1.165) is 28.1 Å². The summed E-state index contributed by atoms with van der Waals surface area (Å²) in [6, 6.07) is 12.0. The van der Waals surface area contributed by atoms with Gasteiger partial charge >= 0.3 is 0 Å². The van der Waals surface area contributed by atoms with Gasteiger partial charge in [-0.15, -0.1) is 0 Å². The minimum atomic E-state index is -0.127. The Balaban J connectivity index is 1.67. The zero-order chi connectivity index (χ0) is 18.0. The molecule has 1 amide bonds. The molecule has 0 fully saturated rings. The Labute approximate surface area is 148 Å². The lowest BCUT2D eigenvalue weighted by molar-refractivity contribution is -0.123. The van der Waals surface area contributed by atoms with E-state index in [4.69, 9.17) is 4.74 Å². The van der Waals surface area contributed by atoms with Crippen LogP contribution in [0.25, 0.3) is 10.9 Å². The number of para-hydroxylation sites is 1. The quantitative estimate of drug-likeness (QED) is 0.737. The van der Waals surface area contributed by atoms with Gasteiger partial charge < -0.3 is 15.0 Å². The molecule has 0 bridgehead atoms. The van der Waals surface area contributed by atoms with Crippen molar-refractivity contribution >= 4 is 16.8 Å². The SMILES string of the molecule is Cc1cc(CNC(=O)COc2ccccc2C)c2[nH]c(C)c(C)c2c1. The fourth-order valence-corrected chi connectivity index (χ4v) is 3.03. The number of carbonyl (C=O) groups excluding carboxylic acids is 1. The molecular formula is C21H24N2O2. The Hall–Kier alpha value is -2.75. The number of hydrogen-bond acceptors (Lipinski definition) is 2. The summed E-state index contributed by atoms with van der Waals surface area (Å²) in [5.74, 6) is 0.615. The van der Waals surface area contributed by atoms with E-state index in [0.29, 0.717) is 6.54 Å². The van der Waals surface area contributed by atoms with Crippen LogP contribution in [0.1, 0.15) is 27.9 Å². The van der Waals surface area contributed by atoms with Crippen molar-refractivity contribution in [3.63, 3.8) is 0 Å². The molecule has 3 aromatic rings. The van der Waals surface area contributed by atoms with Crippen LogP contribution in [0.2, 0.25) is 0 Å². The summed E-state index contributed by atoms with van der Waals surface area (Å²) in [7, 11) is 0. The lowest BCUT2D eigenvalue weighted by Crippen LogP contribution is -2.28. The third kappa shape index (κ3) is 3.68. The number of aromatic nitrogens is 1. The number of aryl methyl sites for hydroxylation is 4. The van der Waals surface area contributed by atoms with Crippen LogP contribution >= 0.6 is 0 Å². The van der Waals surface area contributed by atoms with Gasteiger partial charge in [0.1, 0.15) is 5.75 Å². The predicted molar refractivity (Wildman–Crippen MR) is 101 cm³/mol. The minimum absolute atomic E-state index is 0.0165. The molecule has 4 heteroatoms. The Morgan fingerprint density at radius 1 is 1.12 bits per heavy atom. The zero-order valence-electron chi connectivity index (χ0n) is 15.2. The maximum atomic E-state index is 12.1. The summed E-state index contributed by atoms with van der Waals surface area (Å²) < 4.78 is 5.60. The van der Waals surface area contributed by atoms with E-state index in [-0.39, 0.29) is 12.5 Å². The lowest BCUT2D eigenvalue weighted by atomic mass is 10.0. The summed E-state index contributed by atoms with van der Waals surface area (Å²) in [4.78, 5) is 15.6. The Bertz CT molecular complexity index is 925. The minimum Gasteiger partial charge on any atom is -0.484 e. The van der Waals surface area contributed by atoms with Crippen molar-refractivity contribution < 1.29 is 9.53 Å². The van der Waals surface area contributed by atoms with E-state index in [9.17, 15) is 4.79 Å². The van der Waals surface area contributed by atoms with Crippen molar-refractivity contribution in [1.82, 2.24) is 10.3 Å². The molecule has 0 saturated carbocycles. The average Bonchev–Trinajstić information content (AvgIpc) is 2.87. The average molecular weight is 336 g/mol. The molecule has 130 valence electrons. The van der Waals surface area contributed by atoms with Crippen molar-refractivity contribution in [3.8, 4) is 5.75 Å². The number of amides is 1. The van der Waals surface area contributed by atoms with Crippen molar-refractivity contribution in [2.75, 3.05) is 6.61 Å². The van der Waals surface area contributed by atoms with Crippen LogP contribution in [0, 0.1) is 27.7 Å². The van der Waals surface area contributed by atoms with Crippen molar-refractivity contribution in [1.29, 1.82) is 0 Å². The molecule has 0 saturated heterocycles. The zero-order valence-corrected chi connectivity index (χ0v) is 15.2. The standard InChI is InChI=1S/C21H24N2O2/c1-13-9-17(21-18(10-13)15(3)16(4)23-21)11-22-20(24)12-25-19-8-6-5-7-14(19)2/h5-10,23H,11-12H2,1-4H3,(H,22,24). The van der Waals surface area contributed by atoms with Crippen LogP contribution in [0.15, 0.2) is 36.4 Å². The molecule has 2 aromatic carbocycles. The van der Waals surface area contributed by atoms with Crippen LogP contribution in [0.4, 0.5) is 0 Å². The topological polar surface area (TPSA) is 54.1 Å². The molecule has 0 aliphatic heterocycles. The lowest BCUT2D eigenvalue weighted by Gasteiger charge is -2.10. The number of ether oxygens (including phenoxy) is 1. The molecule has 0 spiro atoms. The molecule has 0 aliphatic carbocycles. The first-order chi connectivity index (χ1) is 12.0. The fraction of sp³-hybridized carbons (Fsp3) is 0.286. The van der Waals surface area contributed by atoms with Crippen LogP contribution in [-0.2, 0) is 11.3 Å². The molecular weight excluding hydrogens is 312 g/mol. The van der Waals surface area contributed by atoms with E-state index in [1.165, 1.54) is 16.5 Å². The van der Waals surface area contributed by atoms with Gasteiger partial charge in [0, 0.05) is 17.6 Å². The highest BCUT2D eigenvalue weighted by Gasteiger charge is 2.11. The summed E-state index contributed by atoms with van der Waals surface area (Å²) in [6.45, 7) is 8.73. The van der Waals surface area contributed by atoms with Crippen molar-refractivity contribution in [3.05, 3.63) is 64.3 Å². The number of nitrogens with one attached hydrogen (secondary N) is 2. The molecule has 2 N–H and O–H groups in total. The first-order valence-corrected chi connectivity index (χ1v) is 8.49. The third-order valence-corrected chi connectivity index (χ3v) is 4.57. The summed E-state index contributed by atoms with van der Waals surface area (Å²) >= 11 is 0. The summed E-state index contributed by atoms with van der Waals surface area (Å²) in [5.41, 5.74) is 6.82. The number of hydrogen-bond donors (Lipinski definition) is 2. The van der Waals surface area contributed by atoms with E-state index in [2.05, 4.69) is 43.2 Å². The van der Waals surface area contributed by atoms with Crippen molar-refractivity contribution in [2.24, 2.45) is 0 Å². The molecule has 3 rings (SSSR count). The number of rotatable bonds is 5. The van der Waals surface area contributed by atoms with Crippen LogP contribution in [-0.4, -0.2) is 17.5 Å². The second kappa shape index (κ2) is 7.01. The molecule has 0 radical (unpaired) electrons.